The van der Waals surface area contributed by atoms with Crippen molar-refractivity contribution < 1.29 is 8.42 Å². The minimum Gasteiger partial charge on any atom is -0.311 e. The lowest BCUT2D eigenvalue weighted by molar-refractivity contribution is 0.584. The van der Waals surface area contributed by atoms with Crippen molar-refractivity contribution in [1.29, 1.82) is 0 Å². The van der Waals surface area contributed by atoms with Crippen molar-refractivity contribution in [1.82, 2.24) is 5.32 Å². The van der Waals surface area contributed by atoms with Crippen LogP contribution in [0.15, 0.2) is 11.1 Å². The molecule has 0 spiro atoms. The number of rotatable bonds is 6. The zero-order valence-corrected chi connectivity index (χ0v) is 10.4. The number of halogens is 1. The summed E-state index contributed by atoms with van der Waals surface area (Å²) < 4.78 is 23.4. The van der Waals surface area contributed by atoms with Gasteiger partial charge in [-0.2, -0.15) is 0 Å². The Bertz CT molecular complexity index is 259. The van der Waals surface area contributed by atoms with Crippen molar-refractivity contribution in [2.24, 2.45) is 0 Å². The van der Waals surface area contributed by atoms with Crippen molar-refractivity contribution in [3.05, 3.63) is 11.1 Å². The van der Waals surface area contributed by atoms with E-state index in [1.165, 1.54) is 0 Å². The summed E-state index contributed by atoms with van der Waals surface area (Å²) >= 11 is 3.18. The average molecular weight is 270 g/mol. The minimum atomic E-state index is -2.90. The standard InChI is InChI=1S/C8H16BrNO2S/c1-7(2)13(11,12)5-4-10-6-8(3)9/h7,10H,3-6H2,1-2H3. The van der Waals surface area contributed by atoms with Crippen LogP contribution in [-0.2, 0) is 9.84 Å². The summed E-state index contributed by atoms with van der Waals surface area (Å²) in [6, 6.07) is 0. The van der Waals surface area contributed by atoms with E-state index in [0.717, 1.165) is 4.48 Å². The summed E-state index contributed by atoms with van der Waals surface area (Å²) in [5, 5.41) is 2.68. The molecule has 0 aromatic heterocycles. The summed E-state index contributed by atoms with van der Waals surface area (Å²) in [4.78, 5) is 0. The van der Waals surface area contributed by atoms with Gasteiger partial charge in [0.05, 0.1) is 11.0 Å². The largest absolute Gasteiger partial charge is 0.311 e. The quantitative estimate of drug-likeness (QED) is 0.740. The highest BCUT2D eigenvalue weighted by atomic mass is 79.9. The molecule has 0 aliphatic heterocycles. The molecule has 0 atom stereocenters. The highest BCUT2D eigenvalue weighted by Gasteiger charge is 2.14. The van der Waals surface area contributed by atoms with Gasteiger partial charge in [0.15, 0.2) is 9.84 Å². The second-order valence-corrected chi connectivity index (χ2v) is 6.91. The summed E-state index contributed by atoms with van der Waals surface area (Å²) in [6.45, 7) is 8.10. The Morgan fingerprint density at radius 1 is 1.54 bits per heavy atom. The van der Waals surface area contributed by atoms with Crippen LogP contribution in [0.4, 0.5) is 0 Å². The monoisotopic (exact) mass is 269 g/mol. The van der Waals surface area contributed by atoms with Crippen molar-refractivity contribution in [3.63, 3.8) is 0 Å². The van der Waals surface area contributed by atoms with Crippen LogP contribution in [0, 0.1) is 0 Å². The Kier molecular flexibility index (Phi) is 5.83. The Labute approximate surface area is 88.6 Å². The molecule has 0 unspecified atom stereocenters. The maximum absolute atomic E-state index is 11.3. The Morgan fingerprint density at radius 2 is 2.08 bits per heavy atom. The van der Waals surface area contributed by atoms with E-state index in [-0.39, 0.29) is 11.0 Å². The van der Waals surface area contributed by atoms with Crippen molar-refractivity contribution in [2.75, 3.05) is 18.8 Å². The predicted octanol–water partition coefficient (Wildman–Crippen LogP) is 1.31. The maximum atomic E-state index is 11.3. The molecule has 0 aliphatic rings. The third-order valence-corrected chi connectivity index (χ3v) is 4.09. The van der Waals surface area contributed by atoms with Crippen LogP contribution in [0.5, 0.6) is 0 Å². The van der Waals surface area contributed by atoms with Gasteiger partial charge in [0.1, 0.15) is 0 Å². The Hall–Kier alpha value is 0.130. The average Bonchev–Trinajstić information content (AvgIpc) is 1.97. The van der Waals surface area contributed by atoms with Gasteiger partial charge in [-0.3, -0.25) is 0 Å². The molecule has 0 aromatic rings. The van der Waals surface area contributed by atoms with Crippen LogP contribution in [0.25, 0.3) is 0 Å². The lowest BCUT2D eigenvalue weighted by Gasteiger charge is -2.07. The van der Waals surface area contributed by atoms with Crippen LogP contribution in [0.3, 0.4) is 0 Å². The first-order chi connectivity index (χ1) is 5.86. The number of sulfone groups is 1. The first kappa shape index (κ1) is 13.1. The van der Waals surface area contributed by atoms with Gasteiger partial charge in [-0.25, -0.2) is 8.42 Å². The van der Waals surface area contributed by atoms with E-state index in [1.54, 1.807) is 13.8 Å². The van der Waals surface area contributed by atoms with E-state index in [1.807, 2.05) is 0 Å². The SMILES string of the molecule is C=C(Br)CNCCS(=O)(=O)C(C)C. The molecule has 3 nitrogen and oxygen atoms in total. The summed E-state index contributed by atoms with van der Waals surface area (Å²) in [5.41, 5.74) is 0. The second kappa shape index (κ2) is 5.78. The molecule has 0 aliphatic carbocycles. The van der Waals surface area contributed by atoms with Gasteiger partial charge in [-0.05, 0) is 13.8 Å². The molecule has 5 heteroatoms. The topological polar surface area (TPSA) is 46.2 Å². The fourth-order valence-corrected chi connectivity index (χ4v) is 1.77. The zero-order valence-electron chi connectivity index (χ0n) is 8.01. The fourth-order valence-electron chi connectivity index (χ4n) is 0.674. The highest BCUT2D eigenvalue weighted by molar-refractivity contribution is 9.11. The maximum Gasteiger partial charge on any atom is 0.153 e. The molecule has 0 heterocycles. The molecular weight excluding hydrogens is 254 g/mol. The third kappa shape index (κ3) is 6.23. The van der Waals surface area contributed by atoms with Gasteiger partial charge in [0, 0.05) is 17.6 Å². The molecule has 1 N–H and O–H groups in total. The molecule has 0 amide bonds. The summed E-state index contributed by atoms with van der Waals surface area (Å²) in [7, 11) is -2.90. The third-order valence-electron chi connectivity index (χ3n) is 1.60. The first-order valence-electron chi connectivity index (χ1n) is 4.12. The second-order valence-electron chi connectivity index (χ2n) is 3.11. The van der Waals surface area contributed by atoms with Gasteiger partial charge in [0.2, 0.25) is 0 Å². The molecule has 13 heavy (non-hydrogen) atoms. The van der Waals surface area contributed by atoms with Gasteiger partial charge in [-0.15, -0.1) is 0 Å². The molecule has 0 fully saturated rings. The Balaban J connectivity index is 3.72. The molecule has 0 radical (unpaired) electrons. The predicted molar refractivity (Wildman–Crippen MR) is 59.9 cm³/mol. The normalized spacial score (nSPS) is 12.0. The van der Waals surface area contributed by atoms with E-state index in [2.05, 4.69) is 27.8 Å². The van der Waals surface area contributed by atoms with Gasteiger partial charge < -0.3 is 5.32 Å². The van der Waals surface area contributed by atoms with Crippen LogP contribution < -0.4 is 5.32 Å². The lowest BCUT2D eigenvalue weighted by Crippen LogP contribution is -2.27. The number of hydrogen-bond acceptors (Lipinski definition) is 3. The zero-order chi connectivity index (χ0) is 10.5. The molecule has 0 saturated carbocycles. The summed E-state index contributed by atoms with van der Waals surface area (Å²) in [5.74, 6) is 0.185. The Morgan fingerprint density at radius 3 is 2.46 bits per heavy atom. The van der Waals surface area contributed by atoms with Gasteiger partial charge in [-0.1, -0.05) is 22.5 Å². The molecular formula is C8H16BrNO2S. The van der Waals surface area contributed by atoms with E-state index >= 15 is 0 Å². The molecule has 0 rings (SSSR count). The minimum absolute atomic E-state index is 0.185. The number of nitrogens with one attached hydrogen (secondary N) is 1. The van der Waals surface area contributed by atoms with Crippen molar-refractivity contribution in [2.45, 2.75) is 19.1 Å². The van der Waals surface area contributed by atoms with Crippen LogP contribution in [0.2, 0.25) is 0 Å². The lowest BCUT2D eigenvalue weighted by atomic mass is 10.6. The van der Waals surface area contributed by atoms with Crippen molar-refractivity contribution >= 4 is 25.8 Å². The number of hydrogen-bond donors (Lipinski definition) is 1. The van der Waals surface area contributed by atoms with E-state index in [0.29, 0.717) is 13.1 Å². The van der Waals surface area contributed by atoms with E-state index < -0.39 is 9.84 Å². The smallest absolute Gasteiger partial charge is 0.153 e. The molecule has 0 bridgehead atoms. The van der Waals surface area contributed by atoms with Crippen molar-refractivity contribution in [3.8, 4) is 0 Å². The van der Waals surface area contributed by atoms with Crippen LogP contribution in [-0.4, -0.2) is 32.5 Å². The fraction of sp³-hybridized carbons (Fsp3) is 0.750. The molecule has 78 valence electrons. The van der Waals surface area contributed by atoms with Gasteiger partial charge >= 0.3 is 0 Å². The van der Waals surface area contributed by atoms with Crippen LogP contribution in [0.1, 0.15) is 13.8 Å². The van der Waals surface area contributed by atoms with E-state index in [4.69, 9.17) is 0 Å². The first-order valence-corrected chi connectivity index (χ1v) is 6.62. The summed E-state index contributed by atoms with van der Waals surface area (Å²) in [6.07, 6.45) is 0. The van der Waals surface area contributed by atoms with Crippen LogP contribution >= 0.6 is 15.9 Å². The molecule has 0 saturated heterocycles. The van der Waals surface area contributed by atoms with E-state index in [9.17, 15) is 8.42 Å². The van der Waals surface area contributed by atoms with Gasteiger partial charge in [0.25, 0.3) is 0 Å². The molecule has 0 aromatic carbocycles. The highest BCUT2D eigenvalue weighted by Crippen LogP contribution is 2.00.